The van der Waals surface area contributed by atoms with Crippen LogP contribution in [0.25, 0.3) is 0 Å². The molecule has 0 aliphatic rings. The van der Waals surface area contributed by atoms with Gasteiger partial charge in [-0.2, -0.15) is 0 Å². The van der Waals surface area contributed by atoms with E-state index < -0.39 is 23.9 Å². The summed E-state index contributed by atoms with van der Waals surface area (Å²) >= 11 is 0. The van der Waals surface area contributed by atoms with Crippen LogP contribution in [0.4, 0.5) is 14.4 Å². The minimum Gasteiger partial charge on any atom is -0.465 e. The van der Waals surface area contributed by atoms with Crippen LogP contribution >= 0.6 is 0 Å². The number of amides is 4. The number of carbonyl (C=O) groups is 4. The highest BCUT2D eigenvalue weighted by molar-refractivity contribution is 5.76. The topological polar surface area (TPSA) is 211 Å². The highest BCUT2D eigenvalue weighted by Crippen LogP contribution is 2.12. The third-order valence-corrected chi connectivity index (χ3v) is 5.03. The highest BCUT2D eigenvalue weighted by atomic mass is 16.6. The Morgan fingerprint density at radius 1 is 0.974 bits per heavy atom. The molecule has 4 amide bonds. The average Bonchev–Trinajstić information content (AvgIpc) is 2.78. The van der Waals surface area contributed by atoms with E-state index in [2.05, 4.69) is 20.9 Å². The highest BCUT2D eigenvalue weighted by Gasteiger charge is 2.22. The smallest absolute Gasteiger partial charge is 0.410 e. The molecule has 0 aromatic carbocycles. The predicted octanol–water partition coefficient (Wildman–Crippen LogP) is 2.07. The second-order valence-corrected chi connectivity index (χ2v) is 9.87. The number of hydrogen-bond donors (Lipinski definition) is 6. The molecule has 0 rings (SSSR count). The Bertz CT molecular complexity index is 753. The Morgan fingerprint density at radius 3 is 2.29 bits per heavy atom. The lowest BCUT2D eigenvalue weighted by Crippen LogP contribution is -2.41. The van der Waals surface area contributed by atoms with Gasteiger partial charge in [0, 0.05) is 32.1 Å². The standard InChI is InChI=1S/C24H47N7O7/c1-18(30-21(33)34)12-15-31(23(36)38-24(2,3)4)14-9-10-16-37-22(35)29-17-28-19(32)11-7-5-6-8-13-27-20(25)26/h18,30H,5-17H2,1-4H3,(H,28,32)(H,29,35)(H,33,34)(H4,25,26,27). The molecule has 38 heavy (non-hydrogen) atoms. The molecule has 0 saturated carbocycles. The Balaban J connectivity index is 4.10. The molecule has 14 heteroatoms. The van der Waals surface area contributed by atoms with Gasteiger partial charge in [-0.05, 0) is 59.8 Å². The number of nitrogens with two attached hydrogens (primary N) is 2. The second kappa shape index (κ2) is 19.6. The molecule has 0 aliphatic heterocycles. The van der Waals surface area contributed by atoms with Gasteiger partial charge in [-0.15, -0.1) is 0 Å². The van der Waals surface area contributed by atoms with E-state index in [1.165, 1.54) is 4.90 Å². The van der Waals surface area contributed by atoms with E-state index in [0.29, 0.717) is 45.3 Å². The van der Waals surface area contributed by atoms with E-state index in [1.807, 2.05) is 0 Å². The van der Waals surface area contributed by atoms with Gasteiger partial charge in [-0.1, -0.05) is 12.8 Å². The maximum atomic E-state index is 12.5. The van der Waals surface area contributed by atoms with Crippen LogP contribution in [0.2, 0.25) is 0 Å². The van der Waals surface area contributed by atoms with Gasteiger partial charge in [0.05, 0.1) is 13.3 Å². The Hall–Kier alpha value is -3.45. The summed E-state index contributed by atoms with van der Waals surface area (Å²) in [5, 5.41) is 16.3. The molecule has 0 fully saturated rings. The zero-order chi connectivity index (χ0) is 29.0. The maximum Gasteiger partial charge on any atom is 0.410 e. The molecule has 8 N–H and O–H groups in total. The van der Waals surface area contributed by atoms with Crippen LogP contribution in [0.15, 0.2) is 4.99 Å². The zero-order valence-corrected chi connectivity index (χ0v) is 23.2. The molecule has 0 radical (unpaired) electrons. The van der Waals surface area contributed by atoms with Gasteiger partial charge in [0.25, 0.3) is 0 Å². The van der Waals surface area contributed by atoms with Gasteiger partial charge in [0.1, 0.15) is 5.60 Å². The molecule has 0 aromatic heterocycles. The number of unbranched alkanes of at least 4 members (excludes halogenated alkanes) is 4. The van der Waals surface area contributed by atoms with Gasteiger partial charge in [-0.25, -0.2) is 14.4 Å². The van der Waals surface area contributed by atoms with Crippen molar-refractivity contribution in [2.24, 2.45) is 16.5 Å². The number of carbonyl (C=O) groups excluding carboxylic acids is 3. The fourth-order valence-corrected chi connectivity index (χ4v) is 3.14. The summed E-state index contributed by atoms with van der Waals surface area (Å²) in [5.41, 5.74) is 9.84. The molecule has 0 bridgehead atoms. The van der Waals surface area contributed by atoms with Gasteiger partial charge >= 0.3 is 18.3 Å². The number of carboxylic acid groups (broad SMARTS) is 1. The summed E-state index contributed by atoms with van der Waals surface area (Å²) < 4.78 is 10.5. The largest absolute Gasteiger partial charge is 0.465 e. The number of aliphatic imine (C=N–C) groups is 1. The van der Waals surface area contributed by atoms with Crippen molar-refractivity contribution in [3.63, 3.8) is 0 Å². The van der Waals surface area contributed by atoms with Crippen molar-refractivity contribution in [1.29, 1.82) is 0 Å². The van der Waals surface area contributed by atoms with Crippen LogP contribution in [-0.2, 0) is 14.3 Å². The van der Waals surface area contributed by atoms with Crippen LogP contribution in [0.5, 0.6) is 0 Å². The first kappa shape index (κ1) is 34.6. The summed E-state index contributed by atoms with van der Waals surface area (Å²) in [4.78, 5) is 52.3. The minimum absolute atomic E-state index is 0.0306. The minimum atomic E-state index is -1.12. The van der Waals surface area contributed by atoms with Crippen LogP contribution < -0.4 is 27.4 Å². The van der Waals surface area contributed by atoms with E-state index in [0.717, 1.165) is 25.7 Å². The summed E-state index contributed by atoms with van der Waals surface area (Å²) in [7, 11) is 0. The third-order valence-electron chi connectivity index (χ3n) is 5.03. The lowest BCUT2D eigenvalue weighted by atomic mass is 10.1. The summed E-state index contributed by atoms with van der Waals surface area (Å²) in [6.45, 7) is 8.39. The number of hydrogen-bond acceptors (Lipinski definition) is 7. The molecule has 1 atom stereocenters. The van der Waals surface area contributed by atoms with E-state index in [-0.39, 0.29) is 31.2 Å². The first-order valence-corrected chi connectivity index (χ1v) is 13.0. The van der Waals surface area contributed by atoms with E-state index >= 15 is 0 Å². The predicted molar refractivity (Wildman–Crippen MR) is 144 cm³/mol. The van der Waals surface area contributed by atoms with Gasteiger partial charge in [-0.3, -0.25) is 9.79 Å². The molecule has 0 saturated heterocycles. The number of alkyl carbamates (subject to hydrolysis) is 1. The number of nitrogens with one attached hydrogen (secondary N) is 3. The molecule has 220 valence electrons. The van der Waals surface area contributed by atoms with Crippen molar-refractivity contribution in [2.75, 3.05) is 32.9 Å². The number of rotatable bonds is 18. The van der Waals surface area contributed by atoms with Gasteiger partial charge < -0.3 is 46.9 Å². The summed E-state index contributed by atoms with van der Waals surface area (Å²) in [6, 6.07) is -0.327. The number of ether oxygens (including phenoxy) is 2. The SMILES string of the molecule is CC(CCN(CCCCOC(=O)NCNC(=O)CCCCCCN=C(N)N)C(=O)OC(C)(C)C)NC(=O)O. The normalized spacial score (nSPS) is 11.6. The lowest BCUT2D eigenvalue weighted by molar-refractivity contribution is -0.121. The van der Waals surface area contributed by atoms with E-state index in [4.69, 9.17) is 26.0 Å². The quantitative estimate of drug-likeness (QED) is 0.0643. The third kappa shape index (κ3) is 21.8. The van der Waals surface area contributed by atoms with Crippen LogP contribution in [-0.4, -0.2) is 84.7 Å². The number of guanidine groups is 1. The van der Waals surface area contributed by atoms with Crippen molar-refractivity contribution >= 4 is 30.1 Å². The maximum absolute atomic E-state index is 12.5. The molecular formula is C24H47N7O7. The first-order valence-electron chi connectivity index (χ1n) is 13.0. The van der Waals surface area contributed by atoms with Crippen LogP contribution in [0, 0.1) is 0 Å². The zero-order valence-electron chi connectivity index (χ0n) is 23.2. The summed E-state index contributed by atoms with van der Waals surface area (Å²) in [5.74, 6) is -0.0840. The van der Waals surface area contributed by atoms with Gasteiger partial charge in [0.2, 0.25) is 5.91 Å². The second-order valence-electron chi connectivity index (χ2n) is 9.87. The molecule has 0 aliphatic carbocycles. The monoisotopic (exact) mass is 545 g/mol. The molecule has 0 aromatic rings. The van der Waals surface area contributed by atoms with Crippen molar-refractivity contribution in [3.05, 3.63) is 0 Å². The van der Waals surface area contributed by atoms with E-state index in [9.17, 15) is 19.2 Å². The van der Waals surface area contributed by atoms with Crippen LogP contribution in [0.1, 0.15) is 79.1 Å². The molecule has 0 heterocycles. The van der Waals surface area contributed by atoms with E-state index in [1.54, 1.807) is 27.7 Å². The van der Waals surface area contributed by atoms with Gasteiger partial charge in [0.15, 0.2) is 5.96 Å². The van der Waals surface area contributed by atoms with Crippen molar-refractivity contribution < 1.29 is 33.8 Å². The Morgan fingerprint density at radius 2 is 1.66 bits per heavy atom. The Kier molecular flexibility index (Phi) is 17.9. The first-order chi connectivity index (χ1) is 17.8. The average molecular weight is 546 g/mol. The molecule has 1 unspecified atom stereocenters. The Labute approximate surface area is 225 Å². The lowest BCUT2D eigenvalue weighted by Gasteiger charge is -2.28. The summed E-state index contributed by atoms with van der Waals surface area (Å²) in [6.07, 6.45) is 2.97. The molecule has 14 nitrogen and oxygen atoms in total. The fourth-order valence-electron chi connectivity index (χ4n) is 3.14. The fraction of sp³-hybridized carbons (Fsp3) is 0.792. The van der Waals surface area contributed by atoms with Crippen molar-refractivity contribution in [3.8, 4) is 0 Å². The number of nitrogens with zero attached hydrogens (tertiary/aromatic N) is 2. The van der Waals surface area contributed by atoms with Crippen LogP contribution in [0.3, 0.4) is 0 Å². The van der Waals surface area contributed by atoms with Crippen molar-refractivity contribution in [1.82, 2.24) is 20.9 Å². The molecular weight excluding hydrogens is 498 g/mol. The molecule has 0 spiro atoms. The van der Waals surface area contributed by atoms with Crippen molar-refractivity contribution in [2.45, 2.75) is 90.7 Å².